The van der Waals surface area contributed by atoms with E-state index in [0.717, 1.165) is 5.69 Å². The Balaban J connectivity index is 2.16. The van der Waals surface area contributed by atoms with Gasteiger partial charge in [0, 0.05) is 58.7 Å². The van der Waals surface area contributed by atoms with E-state index in [1.54, 1.807) is 26.6 Å². The van der Waals surface area contributed by atoms with E-state index in [4.69, 9.17) is 0 Å². The fraction of sp³-hybridized carbons (Fsp3) is 0.692. The van der Waals surface area contributed by atoms with Gasteiger partial charge in [0.15, 0.2) is 0 Å². The molecule has 1 N–H and O–H groups in total. The third kappa shape index (κ3) is 4.28. The predicted octanol–water partition coefficient (Wildman–Crippen LogP) is -0.809. The highest BCUT2D eigenvalue weighted by Crippen LogP contribution is 2.16. The van der Waals surface area contributed by atoms with Crippen molar-refractivity contribution in [3.05, 3.63) is 18.2 Å². The first kappa shape index (κ1) is 16.9. The van der Waals surface area contributed by atoms with Crippen molar-refractivity contribution >= 4 is 15.9 Å². The van der Waals surface area contributed by atoms with Gasteiger partial charge in [-0.25, -0.2) is 17.7 Å². The summed E-state index contributed by atoms with van der Waals surface area (Å²) in [7, 11) is 0.0724. The maximum atomic E-state index is 12.3. The zero-order chi connectivity index (χ0) is 16.3. The number of amides is 1. The monoisotopic (exact) mass is 329 g/mol. The van der Waals surface area contributed by atoms with Crippen molar-refractivity contribution in [3.8, 4) is 0 Å². The second-order valence-corrected chi connectivity index (χ2v) is 7.84. The molecule has 22 heavy (non-hydrogen) atoms. The molecule has 1 aliphatic heterocycles. The van der Waals surface area contributed by atoms with E-state index in [0.29, 0.717) is 26.2 Å². The number of hydrogen-bond acceptors (Lipinski definition) is 5. The molecule has 1 fully saturated rings. The van der Waals surface area contributed by atoms with Gasteiger partial charge in [-0.05, 0) is 0 Å². The third-order valence-corrected chi connectivity index (χ3v) is 5.05. The molecule has 1 amide bonds. The number of hydrogen-bond donors (Lipinski definition) is 1. The smallest absolute Gasteiger partial charge is 0.227 e. The molecule has 1 saturated heterocycles. The average molecular weight is 329 g/mol. The average Bonchev–Trinajstić information content (AvgIpc) is 2.82. The van der Waals surface area contributed by atoms with Gasteiger partial charge in [0.2, 0.25) is 15.9 Å². The largest absolute Gasteiger partial charge is 0.348 e. The summed E-state index contributed by atoms with van der Waals surface area (Å²) in [5.74, 6) is -0.416. The first-order valence-corrected chi connectivity index (χ1v) is 8.98. The number of carbonyl (C=O) groups excluding carboxylic acids is 1. The lowest BCUT2D eigenvalue weighted by molar-refractivity contribution is -0.133. The standard InChI is InChI=1S/C13H23N5O3S/c1-16(2)13(19)11-7-17(9-12-6-14-10-15-12)4-5-18(8-11)22(3,20)21/h6,10-11H,4-5,7-9H2,1-3H3,(H,14,15)/t11-/m0/s1. The molecule has 124 valence electrons. The Morgan fingerprint density at radius 3 is 2.68 bits per heavy atom. The molecule has 0 spiro atoms. The predicted molar refractivity (Wildman–Crippen MR) is 82.5 cm³/mol. The Morgan fingerprint density at radius 1 is 1.41 bits per heavy atom. The lowest BCUT2D eigenvalue weighted by atomic mass is 10.1. The number of aromatic nitrogens is 2. The number of H-pyrrole nitrogens is 1. The van der Waals surface area contributed by atoms with Gasteiger partial charge >= 0.3 is 0 Å². The van der Waals surface area contributed by atoms with Crippen LogP contribution in [0.1, 0.15) is 5.69 Å². The highest BCUT2D eigenvalue weighted by Gasteiger charge is 2.32. The van der Waals surface area contributed by atoms with Crippen molar-refractivity contribution in [1.82, 2.24) is 24.1 Å². The van der Waals surface area contributed by atoms with Gasteiger partial charge in [-0.15, -0.1) is 0 Å². The topological polar surface area (TPSA) is 89.6 Å². The fourth-order valence-corrected chi connectivity index (χ4v) is 3.49. The van der Waals surface area contributed by atoms with Gasteiger partial charge in [0.05, 0.1) is 18.5 Å². The van der Waals surface area contributed by atoms with Crippen molar-refractivity contribution in [2.24, 2.45) is 5.92 Å². The molecule has 2 rings (SSSR count). The molecule has 0 aliphatic carbocycles. The zero-order valence-electron chi connectivity index (χ0n) is 13.2. The van der Waals surface area contributed by atoms with E-state index in [9.17, 15) is 13.2 Å². The minimum Gasteiger partial charge on any atom is -0.348 e. The van der Waals surface area contributed by atoms with E-state index in [-0.39, 0.29) is 18.4 Å². The van der Waals surface area contributed by atoms with Crippen molar-refractivity contribution in [2.45, 2.75) is 6.54 Å². The lowest BCUT2D eigenvalue weighted by Crippen LogP contribution is -2.41. The van der Waals surface area contributed by atoms with Crippen LogP contribution in [0.3, 0.4) is 0 Å². The second kappa shape index (κ2) is 6.76. The maximum Gasteiger partial charge on any atom is 0.227 e. The van der Waals surface area contributed by atoms with Crippen molar-refractivity contribution in [1.29, 1.82) is 0 Å². The number of carbonyl (C=O) groups is 1. The minimum atomic E-state index is -3.31. The first-order valence-electron chi connectivity index (χ1n) is 7.13. The van der Waals surface area contributed by atoms with E-state index >= 15 is 0 Å². The van der Waals surface area contributed by atoms with Crippen LogP contribution in [-0.2, 0) is 21.4 Å². The Labute approximate surface area is 131 Å². The summed E-state index contributed by atoms with van der Waals surface area (Å²) < 4.78 is 25.1. The van der Waals surface area contributed by atoms with E-state index in [2.05, 4.69) is 14.9 Å². The molecular formula is C13H23N5O3S. The minimum absolute atomic E-state index is 0.0508. The molecule has 0 aromatic carbocycles. The molecule has 9 heteroatoms. The molecule has 1 aromatic heterocycles. The van der Waals surface area contributed by atoms with Crippen molar-refractivity contribution in [2.75, 3.05) is 46.5 Å². The number of nitrogens with one attached hydrogen (secondary N) is 1. The van der Waals surface area contributed by atoms with Crippen LogP contribution in [0.25, 0.3) is 0 Å². The second-order valence-electron chi connectivity index (χ2n) is 5.86. The van der Waals surface area contributed by atoms with Crippen LogP contribution >= 0.6 is 0 Å². The Morgan fingerprint density at radius 2 is 2.14 bits per heavy atom. The Hall–Kier alpha value is -1.45. The Kier molecular flexibility index (Phi) is 5.20. The molecule has 0 unspecified atom stereocenters. The summed E-state index contributed by atoms with van der Waals surface area (Å²) >= 11 is 0. The molecule has 1 aliphatic rings. The van der Waals surface area contributed by atoms with Gasteiger partial charge in [0.1, 0.15) is 0 Å². The van der Waals surface area contributed by atoms with Gasteiger partial charge in [-0.2, -0.15) is 0 Å². The van der Waals surface area contributed by atoms with Crippen molar-refractivity contribution < 1.29 is 13.2 Å². The number of rotatable bonds is 4. The summed E-state index contributed by atoms with van der Waals surface area (Å²) in [5.41, 5.74) is 0.948. The molecule has 1 aromatic rings. The normalized spacial score (nSPS) is 21.5. The van der Waals surface area contributed by atoms with E-state index in [1.807, 2.05) is 0 Å². The number of imidazole rings is 1. The molecule has 0 saturated carbocycles. The van der Waals surface area contributed by atoms with Gasteiger partial charge in [-0.1, -0.05) is 0 Å². The van der Waals surface area contributed by atoms with E-state index in [1.165, 1.54) is 15.5 Å². The summed E-state index contributed by atoms with van der Waals surface area (Å²) in [5, 5.41) is 0. The number of nitrogens with zero attached hydrogens (tertiary/aromatic N) is 4. The van der Waals surface area contributed by atoms with Crippen LogP contribution < -0.4 is 0 Å². The highest BCUT2D eigenvalue weighted by molar-refractivity contribution is 7.88. The van der Waals surface area contributed by atoms with Crippen molar-refractivity contribution in [3.63, 3.8) is 0 Å². The lowest BCUT2D eigenvalue weighted by Gasteiger charge is -2.25. The highest BCUT2D eigenvalue weighted by atomic mass is 32.2. The third-order valence-electron chi connectivity index (χ3n) is 3.78. The van der Waals surface area contributed by atoms with Crippen LogP contribution in [0.4, 0.5) is 0 Å². The molecular weight excluding hydrogens is 306 g/mol. The Bertz CT molecular complexity index is 599. The quantitative estimate of drug-likeness (QED) is 0.780. The van der Waals surface area contributed by atoms with E-state index < -0.39 is 10.0 Å². The first-order chi connectivity index (χ1) is 10.3. The van der Waals surface area contributed by atoms with Crippen LogP contribution in [0.15, 0.2) is 12.5 Å². The molecule has 1 atom stereocenters. The number of sulfonamides is 1. The fourth-order valence-electron chi connectivity index (χ4n) is 2.63. The molecule has 0 radical (unpaired) electrons. The van der Waals surface area contributed by atoms with Crippen LogP contribution in [-0.4, -0.2) is 84.9 Å². The molecule has 0 bridgehead atoms. The molecule has 8 nitrogen and oxygen atoms in total. The summed E-state index contributed by atoms with van der Waals surface area (Å²) in [4.78, 5) is 23.0. The summed E-state index contributed by atoms with van der Waals surface area (Å²) in [6.07, 6.45) is 4.54. The maximum absolute atomic E-state index is 12.3. The SMILES string of the molecule is CN(C)C(=O)[C@H]1CN(Cc2cnc[nH]2)CCN(S(C)(=O)=O)C1. The summed E-state index contributed by atoms with van der Waals surface area (Å²) in [6.45, 7) is 2.36. The van der Waals surface area contributed by atoms with Gasteiger partial charge in [0.25, 0.3) is 0 Å². The van der Waals surface area contributed by atoms with Crippen LogP contribution in [0.5, 0.6) is 0 Å². The van der Waals surface area contributed by atoms with Gasteiger partial charge in [-0.3, -0.25) is 9.69 Å². The van der Waals surface area contributed by atoms with Gasteiger partial charge < -0.3 is 9.88 Å². The number of aromatic amines is 1. The summed E-state index contributed by atoms with van der Waals surface area (Å²) in [6, 6.07) is 0. The molecule has 2 heterocycles. The zero-order valence-corrected chi connectivity index (χ0v) is 14.0. The van der Waals surface area contributed by atoms with Crippen LogP contribution in [0.2, 0.25) is 0 Å². The van der Waals surface area contributed by atoms with Crippen LogP contribution in [0, 0.1) is 5.92 Å².